The lowest BCUT2D eigenvalue weighted by Crippen LogP contribution is -2.41. The normalized spacial score (nSPS) is 21.0. The first kappa shape index (κ1) is 17.7. The van der Waals surface area contributed by atoms with Gasteiger partial charge in [0.25, 0.3) is 5.92 Å². The smallest absolute Gasteiger partial charge is 0.262 e. The molecule has 2 atom stereocenters. The van der Waals surface area contributed by atoms with Crippen LogP contribution in [0.1, 0.15) is 30.7 Å². The second-order valence-corrected chi connectivity index (χ2v) is 5.81. The number of carbonyl (C=O) groups excluding carboxylic acids is 1. The average Bonchev–Trinajstić information content (AvgIpc) is 3.00. The third-order valence-corrected chi connectivity index (χ3v) is 4.06. The van der Waals surface area contributed by atoms with E-state index in [-0.39, 0.29) is 18.4 Å². The zero-order valence-electron chi connectivity index (χ0n) is 12.9. The lowest BCUT2D eigenvalue weighted by molar-refractivity contribution is -0.124. The Bertz CT molecular complexity index is 717. The average molecular weight is 345 g/mol. The van der Waals surface area contributed by atoms with E-state index in [4.69, 9.17) is 4.42 Å². The van der Waals surface area contributed by atoms with E-state index in [0.29, 0.717) is 5.76 Å². The van der Waals surface area contributed by atoms with E-state index in [1.165, 1.54) is 0 Å². The fourth-order valence-corrected chi connectivity index (χ4v) is 2.89. The maximum atomic E-state index is 13.2. The van der Waals surface area contributed by atoms with E-state index in [1.54, 1.807) is 6.92 Å². The highest BCUT2D eigenvalue weighted by atomic mass is 35.5. The Kier molecular flexibility index (Phi) is 4.96. The summed E-state index contributed by atoms with van der Waals surface area (Å²) in [5, 5.41) is 6.29. The number of carbonyl (C=O) groups is 1. The van der Waals surface area contributed by atoms with Gasteiger partial charge in [0, 0.05) is 17.4 Å². The SMILES string of the molecule is Cc1c(C(C)NC(=O)C2CC(F)(F)CN2)oc2ccccc12.Cl. The molecule has 4 nitrogen and oxygen atoms in total. The Morgan fingerprint density at radius 3 is 2.74 bits per heavy atom. The van der Waals surface area contributed by atoms with Crippen LogP contribution in [0.15, 0.2) is 28.7 Å². The van der Waals surface area contributed by atoms with Crippen molar-refractivity contribution in [3.05, 3.63) is 35.6 Å². The van der Waals surface area contributed by atoms with Gasteiger partial charge >= 0.3 is 0 Å². The van der Waals surface area contributed by atoms with Crippen LogP contribution in [0.25, 0.3) is 11.0 Å². The minimum Gasteiger partial charge on any atom is -0.459 e. The quantitative estimate of drug-likeness (QED) is 0.898. The number of benzene rings is 1. The van der Waals surface area contributed by atoms with Crippen molar-refractivity contribution in [2.45, 2.75) is 38.3 Å². The molecule has 1 aromatic heterocycles. The molecule has 0 spiro atoms. The van der Waals surface area contributed by atoms with Crippen molar-refractivity contribution in [2.24, 2.45) is 0 Å². The number of alkyl halides is 2. The molecule has 7 heteroatoms. The molecular formula is C16H19ClF2N2O2. The number of para-hydroxylation sites is 1. The number of nitrogens with one attached hydrogen (secondary N) is 2. The van der Waals surface area contributed by atoms with Gasteiger partial charge in [-0.15, -0.1) is 12.4 Å². The number of aryl methyl sites for hydroxylation is 1. The van der Waals surface area contributed by atoms with Crippen LogP contribution >= 0.6 is 12.4 Å². The second kappa shape index (κ2) is 6.45. The van der Waals surface area contributed by atoms with Crippen LogP contribution in [-0.4, -0.2) is 24.4 Å². The zero-order chi connectivity index (χ0) is 15.9. The van der Waals surface area contributed by atoms with Crippen LogP contribution in [0.2, 0.25) is 0 Å². The number of hydrogen-bond acceptors (Lipinski definition) is 3. The predicted octanol–water partition coefficient (Wildman–Crippen LogP) is 3.34. The number of halogens is 3. The molecule has 1 fully saturated rings. The first-order chi connectivity index (χ1) is 10.4. The lowest BCUT2D eigenvalue weighted by atomic mass is 10.1. The van der Waals surface area contributed by atoms with E-state index in [2.05, 4.69) is 10.6 Å². The molecule has 1 saturated heterocycles. The van der Waals surface area contributed by atoms with Crippen LogP contribution in [-0.2, 0) is 4.79 Å². The predicted molar refractivity (Wildman–Crippen MR) is 86.1 cm³/mol. The van der Waals surface area contributed by atoms with Crippen molar-refractivity contribution >= 4 is 29.3 Å². The van der Waals surface area contributed by atoms with Crippen LogP contribution in [0.4, 0.5) is 8.78 Å². The topological polar surface area (TPSA) is 54.3 Å². The summed E-state index contributed by atoms with van der Waals surface area (Å²) in [6.07, 6.45) is -0.468. The number of amides is 1. The van der Waals surface area contributed by atoms with Gasteiger partial charge in [-0.3, -0.25) is 10.1 Å². The van der Waals surface area contributed by atoms with E-state index >= 15 is 0 Å². The summed E-state index contributed by atoms with van der Waals surface area (Å²) in [7, 11) is 0. The monoisotopic (exact) mass is 344 g/mol. The summed E-state index contributed by atoms with van der Waals surface area (Å²) in [6.45, 7) is 3.25. The van der Waals surface area contributed by atoms with Gasteiger partial charge in [0.05, 0.1) is 18.6 Å². The Labute approximate surface area is 139 Å². The molecule has 0 bridgehead atoms. The summed E-state index contributed by atoms with van der Waals surface area (Å²) >= 11 is 0. The van der Waals surface area contributed by atoms with Crippen molar-refractivity contribution in [3.63, 3.8) is 0 Å². The largest absolute Gasteiger partial charge is 0.459 e. The highest BCUT2D eigenvalue weighted by Crippen LogP contribution is 2.30. The third-order valence-electron chi connectivity index (χ3n) is 4.06. The van der Waals surface area contributed by atoms with Crippen molar-refractivity contribution in [1.29, 1.82) is 0 Å². The summed E-state index contributed by atoms with van der Waals surface area (Å²) in [5.74, 6) is -2.59. The molecule has 2 unspecified atom stereocenters. The summed E-state index contributed by atoms with van der Waals surface area (Å²) in [4.78, 5) is 12.1. The first-order valence-electron chi connectivity index (χ1n) is 7.27. The van der Waals surface area contributed by atoms with Crippen LogP contribution < -0.4 is 10.6 Å². The maximum Gasteiger partial charge on any atom is 0.262 e. The molecule has 0 saturated carbocycles. The van der Waals surface area contributed by atoms with E-state index in [9.17, 15) is 13.6 Å². The molecule has 1 aromatic carbocycles. The van der Waals surface area contributed by atoms with Crippen LogP contribution in [0.3, 0.4) is 0 Å². The van der Waals surface area contributed by atoms with E-state index < -0.39 is 30.8 Å². The van der Waals surface area contributed by atoms with Gasteiger partial charge in [0.1, 0.15) is 11.3 Å². The standard InChI is InChI=1S/C16H18F2N2O2.ClH/c1-9-11-5-3-4-6-13(11)22-14(9)10(2)20-15(21)12-7-16(17,18)8-19-12;/h3-6,10,12,19H,7-8H2,1-2H3,(H,20,21);1H. The molecule has 0 radical (unpaired) electrons. The molecule has 126 valence electrons. The molecule has 0 aliphatic carbocycles. The van der Waals surface area contributed by atoms with Crippen LogP contribution in [0.5, 0.6) is 0 Å². The molecule has 23 heavy (non-hydrogen) atoms. The number of fused-ring (bicyclic) bond motifs is 1. The Hall–Kier alpha value is -1.66. The highest BCUT2D eigenvalue weighted by molar-refractivity contribution is 5.85. The fraction of sp³-hybridized carbons (Fsp3) is 0.438. The number of hydrogen-bond donors (Lipinski definition) is 2. The summed E-state index contributed by atoms with van der Waals surface area (Å²) in [6, 6.07) is 6.37. The van der Waals surface area contributed by atoms with Gasteiger partial charge in [0.2, 0.25) is 5.91 Å². The highest BCUT2D eigenvalue weighted by Gasteiger charge is 2.42. The minimum absolute atomic E-state index is 0. The lowest BCUT2D eigenvalue weighted by Gasteiger charge is -2.16. The summed E-state index contributed by atoms with van der Waals surface area (Å²) in [5.41, 5.74) is 1.70. The zero-order valence-corrected chi connectivity index (χ0v) is 13.7. The second-order valence-electron chi connectivity index (χ2n) is 5.81. The molecule has 1 aliphatic rings. The van der Waals surface area contributed by atoms with E-state index in [1.807, 2.05) is 31.2 Å². The molecule has 2 N–H and O–H groups in total. The maximum absolute atomic E-state index is 13.2. The van der Waals surface area contributed by atoms with Gasteiger partial charge in [0.15, 0.2) is 0 Å². The first-order valence-corrected chi connectivity index (χ1v) is 7.27. The minimum atomic E-state index is -2.82. The Morgan fingerprint density at radius 2 is 2.13 bits per heavy atom. The number of furan rings is 1. The van der Waals surface area contributed by atoms with Crippen molar-refractivity contribution in [2.75, 3.05) is 6.54 Å². The van der Waals surface area contributed by atoms with Gasteiger partial charge < -0.3 is 9.73 Å². The van der Waals surface area contributed by atoms with Crippen molar-refractivity contribution in [3.8, 4) is 0 Å². The molecule has 1 amide bonds. The molecular weight excluding hydrogens is 326 g/mol. The summed E-state index contributed by atoms with van der Waals surface area (Å²) < 4.78 is 32.1. The third kappa shape index (κ3) is 3.48. The molecule has 1 aliphatic heterocycles. The van der Waals surface area contributed by atoms with E-state index in [0.717, 1.165) is 16.5 Å². The molecule has 3 rings (SSSR count). The van der Waals surface area contributed by atoms with Gasteiger partial charge in [-0.25, -0.2) is 8.78 Å². The Balaban J connectivity index is 0.00000192. The Morgan fingerprint density at radius 1 is 1.43 bits per heavy atom. The van der Waals surface area contributed by atoms with Crippen LogP contribution in [0, 0.1) is 6.92 Å². The van der Waals surface area contributed by atoms with Gasteiger partial charge in [-0.2, -0.15) is 0 Å². The van der Waals surface area contributed by atoms with Gasteiger partial charge in [-0.1, -0.05) is 18.2 Å². The van der Waals surface area contributed by atoms with Crippen molar-refractivity contribution < 1.29 is 18.0 Å². The molecule has 2 aromatic rings. The number of rotatable bonds is 3. The fourth-order valence-electron chi connectivity index (χ4n) is 2.89. The van der Waals surface area contributed by atoms with Crippen molar-refractivity contribution in [1.82, 2.24) is 10.6 Å². The van der Waals surface area contributed by atoms with Gasteiger partial charge in [-0.05, 0) is 19.9 Å². The molecule has 2 heterocycles.